The summed E-state index contributed by atoms with van der Waals surface area (Å²) in [6, 6.07) is 8.79. The van der Waals surface area contributed by atoms with E-state index in [1.807, 2.05) is 6.92 Å². The maximum atomic E-state index is 13.2. The number of amides is 3. The van der Waals surface area contributed by atoms with Gasteiger partial charge in [-0.3, -0.25) is 19.3 Å². The van der Waals surface area contributed by atoms with Gasteiger partial charge in [-0.15, -0.1) is 0 Å². The molecule has 0 unspecified atom stereocenters. The predicted octanol–water partition coefficient (Wildman–Crippen LogP) is 3.83. The summed E-state index contributed by atoms with van der Waals surface area (Å²) in [5.74, 6) is -0.557. The molecule has 2 aromatic carbocycles. The molecule has 1 fully saturated rings. The number of imide groups is 1. The van der Waals surface area contributed by atoms with Crippen molar-refractivity contribution in [3.63, 3.8) is 0 Å². The summed E-state index contributed by atoms with van der Waals surface area (Å²) in [5.41, 5.74) is 1.59. The number of benzene rings is 2. The average Bonchev–Trinajstić information content (AvgIpc) is 2.96. The molecular formula is C21H19FN2O5S. The summed E-state index contributed by atoms with van der Waals surface area (Å²) in [7, 11) is 3.04. The highest BCUT2D eigenvalue weighted by Crippen LogP contribution is 2.37. The van der Waals surface area contributed by atoms with Crippen LogP contribution in [-0.2, 0) is 9.59 Å². The van der Waals surface area contributed by atoms with Crippen LogP contribution in [0.5, 0.6) is 11.5 Å². The lowest BCUT2D eigenvalue weighted by atomic mass is 10.1. The molecule has 0 aliphatic carbocycles. The monoisotopic (exact) mass is 430 g/mol. The van der Waals surface area contributed by atoms with Crippen LogP contribution in [0.3, 0.4) is 0 Å². The second-order valence-electron chi connectivity index (χ2n) is 6.34. The molecule has 3 amide bonds. The van der Waals surface area contributed by atoms with Gasteiger partial charge in [0.05, 0.1) is 19.1 Å². The average molecular weight is 430 g/mol. The van der Waals surface area contributed by atoms with Gasteiger partial charge in [0, 0.05) is 16.8 Å². The molecule has 1 aliphatic rings. The van der Waals surface area contributed by atoms with Crippen molar-refractivity contribution in [1.82, 2.24) is 4.90 Å². The van der Waals surface area contributed by atoms with E-state index in [1.54, 1.807) is 25.3 Å². The summed E-state index contributed by atoms with van der Waals surface area (Å²) in [6.07, 6.45) is 1.54. The number of nitrogens with zero attached hydrogens (tertiary/aromatic N) is 1. The summed E-state index contributed by atoms with van der Waals surface area (Å²) >= 11 is 0.734. The number of hydrogen-bond donors (Lipinski definition) is 1. The van der Waals surface area contributed by atoms with Crippen LogP contribution in [0, 0.1) is 12.7 Å². The highest BCUT2D eigenvalue weighted by molar-refractivity contribution is 8.18. The van der Waals surface area contributed by atoms with Crippen molar-refractivity contribution in [2.45, 2.75) is 6.92 Å². The molecule has 3 rings (SSSR count). The Labute approximate surface area is 176 Å². The van der Waals surface area contributed by atoms with Crippen LogP contribution >= 0.6 is 11.8 Å². The van der Waals surface area contributed by atoms with Crippen molar-refractivity contribution >= 4 is 40.6 Å². The second-order valence-corrected chi connectivity index (χ2v) is 7.33. The second kappa shape index (κ2) is 9.00. The molecule has 9 heteroatoms. The normalized spacial score (nSPS) is 14.9. The Hall–Kier alpha value is -3.33. The van der Waals surface area contributed by atoms with Crippen LogP contribution in [0.1, 0.15) is 11.1 Å². The van der Waals surface area contributed by atoms with Gasteiger partial charge in [0.15, 0.2) is 0 Å². The number of anilines is 1. The molecule has 0 saturated carbocycles. The number of methoxy groups -OCH3 is 2. The van der Waals surface area contributed by atoms with Crippen molar-refractivity contribution < 1.29 is 28.2 Å². The molecular weight excluding hydrogens is 411 g/mol. The largest absolute Gasteiger partial charge is 0.496 e. The fraction of sp³-hybridized carbons (Fsp3) is 0.190. The third kappa shape index (κ3) is 4.46. The topological polar surface area (TPSA) is 84.9 Å². The van der Waals surface area contributed by atoms with E-state index in [-0.39, 0.29) is 10.6 Å². The molecule has 1 saturated heterocycles. The van der Waals surface area contributed by atoms with Crippen LogP contribution < -0.4 is 14.8 Å². The van der Waals surface area contributed by atoms with Crippen molar-refractivity contribution in [2.75, 3.05) is 26.1 Å². The van der Waals surface area contributed by atoms with Gasteiger partial charge in [-0.25, -0.2) is 4.39 Å². The first-order valence-electron chi connectivity index (χ1n) is 8.86. The Morgan fingerprint density at radius 3 is 2.63 bits per heavy atom. The molecule has 0 aromatic heterocycles. The minimum Gasteiger partial charge on any atom is -0.496 e. The fourth-order valence-corrected chi connectivity index (χ4v) is 3.82. The zero-order chi connectivity index (χ0) is 21.8. The zero-order valence-corrected chi connectivity index (χ0v) is 17.3. The quantitative estimate of drug-likeness (QED) is 0.702. The van der Waals surface area contributed by atoms with E-state index in [0.717, 1.165) is 28.3 Å². The van der Waals surface area contributed by atoms with E-state index >= 15 is 0 Å². The van der Waals surface area contributed by atoms with E-state index in [1.165, 1.54) is 25.3 Å². The number of carbonyl (C=O) groups excluding carboxylic acids is 3. The third-order valence-corrected chi connectivity index (χ3v) is 5.29. The molecule has 7 nitrogen and oxygen atoms in total. The first-order valence-corrected chi connectivity index (χ1v) is 9.68. The first kappa shape index (κ1) is 21.4. The van der Waals surface area contributed by atoms with E-state index in [2.05, 4.69) is 5.32 Å². The number of ether oxygens (including phenoxy) is 2. The van der Waals surface area contributed by atoms with Crippen LogP contribution in [-0.4, -0.2) is 42.7 Å². The Morgan fingerprint density at radius 2 is 1.97 bits per heavy atom. The number of nitrogens with one attached hydrogen (secondary N) is 1. The lowest BCUT2D eigenvalue weighted by Crippen LogP contribution is -2.36. The lowest BCUT2D eigenvalue weighted by molar-refractivity contribution is -0.127. The summed E-state index contributed by atoms with van der Waals surface area (Å²) in [5, 5.41) is 1.90. The number of hydrogen-bond acceptors (Lipinski definition) is 6. The Balaban J connectivity index is 1.78. The van der Waals surface area contributed by atoms with Crippen molar-refractivity contribution in [3.05, 3.63) is 58.2 Å². The van der Waals surface area contributed by atoms with E-state index in [9.17, 15) is 18.8 Å². The molecule has 1 N–H and O–H groups in total. The highest BCUT2D eigenvalue weighted by atomic mass is 32.2. The molecule has 0 radical (unpaired) electrons. The summed E-state index contributed by atoms with van der Waals surface area (Å²) < 4.78 is 23.9. The SMILES string of the molecule is COc1ccc(/C=C2/SC(=O)N(CC(=O)Nc3cccc(F)c3)C2=O)c(OC)c1C. The third-order valence-electron chi connectivity index (χ3n) is 4.38. The minimum absolute atomic E-state index is 0.168. The summed E-state index contributed by atoms with van der Waals surface area (Å²) in [4.78, 5) is 38.2. The fourth-order valence-electron chi connectivity index (χ4n) is 2.99. The summed E-state index contributed by atoms with van der Waals surface area (Å²) in [6.45, 7) is 1.34. The molecule has 0 spiro atoms. The standard InChI is InChI=1S/C21H19FN2O5S/c1-12-16(28-2)8-7-13(19(12)29-3)9-17-20(26)24(21(27)30-17)11-18(25)23-15-6-4-5-14(22)10-15/h4-10H,11H2,1-3H3,(H,23,25)/b17-9+. The Morgan fingerprint density at radius 1 is 1.20 bits per heavy atom. The van der Waals surface area contributed by atoms with Gasteiger partial charge in [0.1, 0.15) is 23.9 Å². The van der Waals surface area contributed by atoms with Crippen LogP contribution in [0.4, 0.5) is 14.9 Å². The van der Waals surface area contributed by atoms with Gasteiger partial charge in [-0.05, 0) is 55.1 Å². The van der Waals surface area contributed by atoms with E-state index in [0.29, 0.717) is 17.1 Å². The van der Waals surface area contributed by atoms with Gasteiger partial charge in [0.2, 0.25) is 5.91 Å². The highest BCUT2D eigenvalue weighted by Gasteiger charge is 2.36. The molecule has 0 atom stereocenters. The van der Waals surface area contributed by atoms with Gasteiger partial charge in [-0.2, -0.15) is 0 Å². The predicted molar refractivity (Wildman–Crippen MR) is 112 cm³/mol. The first-order chi connectivity index (χ1) is 14.3. The number of rotatable bonds is 6. The molecule has 30 heavy (non-hydrogen) atoms. The zero-order valence-electron chi connectivity index (χ0n) is 16.5. The van der Waals surface area contributed by atoms with Gasteiger partial charge in [0.25, 0.3) is 11.1 Å². The molecule has 2 aromatic rings. The maximum absolute atomic E-state index is 13.2. The minimum atomic E-state index is -0.609. The molecule has 156 valence electrons. The van der Waals surface area contributed by atoms with E-state index < -0.39 is 29.4 Å². The van der Waals surface area contributed by atoms with Crippen LogP contribution in [0.15, 0.2) is 41.3 Å². The van der Waals surface area contributed by atoms with E-state index in [4.69, 9.17) is 9.47 Å². The molecule has 0 bridgehead atoms. The van der Waals surface area contributed by atoms with Crippen molar-refractivity contribution in [3.8, 4) is 11.5 Å². The molecule has 1 aliphatic heterocycles. The van der Waals surface area contributed by atoms with Gasteiger partial charge >= 0.3 is 0 Å². The number of halogens is 1. The van der Waals surface area contributed by atoms with Gasteiger partial charge < -0.3 is 14.8 Å². The number of carbonyl (C=O) groups is 3. The van der Waals surface area contributed by atoms with Crippen LogP contribution in [0.2, 0.25) is 0 Å². The smallest absolute Gasteiger partial charge is 0.294 e. The number of thioether (sulfide) groups is 1. The van der Waals surface area contributed by atoms with Crippen molar-refractivity contribution in [2.24, 2.45) is 0 Å². The molecule has 1 heterocycles. The van der Waals surface area contributed by atoms with Gasteiger partial charge in [-0.1, -0.05) is 6.07 Å². The van der Waals surface area contributed by atoms with Crippen molar-refractivity contribution in [1.29, 1.82) is 0 Å². The Bertz CT molecular complexity index is 1050. The Kier molecular flexibility index (Phi) is 6.41. The van der Waals surface area contributed by atoms with Crippen LogP contribution in [0.25, 0.3) is 6.08 Å². The lowest BCUT2D eigenvalue weighted by Gasteiger charge is -2.13. The maximum Gasteiger partial charge on any atom is 0.294 e.